The fraction of sp³-hybridized carbons (Fsp3) is 0.353. The van der Waals surface area contributed by atoms with Crippen LogP contribution in [0.25, 0.3) is 0 Å². The van der Waals surface area contributed by atoms with Gasteiger partial charge in [0.05, 0.1) is 11.8 Å². The summed E-state index contributed by atoms with van der Waals surface area (Å²) in [4.78, 5) is 6.68. The third kappa shape index (κ3) is 3.31. The molecular weight excluding hydrogens is 278 g/mol. The van der Waals surface area contributed by atoms with Gasteiger partial charge in [-0.2, -0.15) is 0 Å². The lowest BCUT2D eigenvalue weighted by atomic mass is 10.1. The van der Waals surface area contributed by atoms with Crippen LogP contribution in [0.1, 0.15) is 18.4 Å². The predicted octanol–water partition coefficient (Wildman–Crippen LogP) is 2.36. The number of aromatic hydroxyl groups is 1. The number of anilines is 2. The number of rotatable bonds is 4. The highest BCUT2D eigenvalue weighted by Crippen LogP contribution is 2.27. The SMILES string of the molecule is Oc1ccccc1CNc1cccnc1N1CCC(O)CC1. The van der Waals surface area contributed by atoms with Crippen molar-refractivity contribution in [2.75, 3.05) is 23.3 Å². The van der Waals surface area contributed by atoms with Gasteiger partial charge in [0.25, 0.3) is 0 Å². The average Bonchev–Trinajstić information content (AvgIpc) is 2.55. The molecule has 3 rings (SSSR count). The number of phenols is 1. The molecule has 0 unspecified atom stereocenters. The number of aliphatic hydroxyl groups excluding tert-OH is 1. The lowest BCUT2D eigenvalue weighted by Gasteiger charge is -2.31. The molecule has 0 spiro atoms. The van der Waals surface area contributed by atoms with Crippen LogP contribution in [0.5, 0.6) is 5.75 Å². The second kappa shape index (κ2) is 6.66. The molecule has 0 bridgehead atoms. The number of aromatic nitrogens is 1. The fourth-order valence-electron chi connectivity index (χ4n) is 2.72. The highest BCUT2D eigenvalue weighted by atomic mass is 16.3. The van der Waals surface area contributed by atoms with E-state index in [0.717, 1.165) is 43.0 Å². The summed E-state index contributed by atoms with van der Waals surface area (Å²) in [6.07, 6.45) is 3.13. The third-order valence-electron chi connectivity index (χ3n) is 4.01. The van der Waals surface area contributed by atoms with Gasteiger partial charge in [0, 0.05) is 31.4 Å². The van der Waals surface area contributed by atoms with Crippen LogP contribution in [-0.4, -0.2) is 34.4 Å². The Morgan fingerprint density at radius 2 is 1.91 bits per heavy atom. The highest BCUT2D eigenvalue weighted by Gasteiger charge is 2.20. The summed E-state index contributed by atoms with van der Waals surface area (Å²) in [6, 6.07) is 11.2. The molecule has 2 aromatic rings. The normalized spacial score (nSPS) is 15.8. The summed E-state index contributed by atoms with van der Waals surface area (Å²) in [6.45, 7) is 2.16. The van der Waals surface area contributed by atoms with Crippen LogP contribution < -0.4 is 10.2 Å². The zero-order valence-electron chi connectivity index (χ0n) is 12.4. The standard InChI is InChI=1S/C17H21N3O2/c21-14-7-10-20(11-8-14)17-15(5-3-9-18-17)19-12-13-4-1-2-6-16(13)22/h1-6,9,14,19,21-22H,7-8,10-12H2. The van der Waals surface area contributed by atoms with Crippen molar-refractivity contribution in [3.05, 3.63) is 48.2 Å². The number of para-hydroxylation sites is 1. The van der Waals surface area contributed by atoms with Crippen molar-refractivity contribution < 1.29 is 10.2 Å². The molecule has 0 saturated carbocycles. The number of aliphatic hydroxyl groups is 1. The van der Waals surface area contributed by atoms with E-state index in [1.54, 1.807) is 12.3 Å². The van der Waals surface area contributed by atoms with Crippen molar-refractivity contribution in [2.24, 2.45) is 0 Å². The minimum atomic E-state index is -0.197. The van der Waals surface area contributed by atoms with E-state index in [1.165, 1.54) is 0 Å². The minimum absolute atomic E-state index is 0.197. The molecule has 2 heterocycles. The Morgan fingerprint density at radius 3 is 2.68 bits per heavy atom. The predicted molar refractivity (Wildman–Crippen MR) is 87.1 cm³/mol. The number of benzene rings is 1. The van der Waals surface area contributed by atoms with Gasteiger partial charge in [0.2, 0.25) is 0 Å². The van der Waals surface area contributed by atoms with Crippen LogP contribution in [0.3, 0.4) is 0 Å². The topological polar surface area (TPSA) is 68.6 Å². The van der Waals surface area contributed by atoms with E-state index in [2.05, 4.69) is 15.2 Å². The molecule has 22 heavy (non-hydrogen) atoms. The minimum Gasteiger partial charge on any atom is -0.508 e. The van der Waals surface area contributed by atoms with Gasteiger partial charge >= 0.3 is 0 Å². The van der Waals surface area contributed by atoms with E-state index >= 15 is 0 Å². The lowest BCUT2D eigenvalue weighted by molar-refractivity contribution is 0.145. The van der Waals surface area contributed by atoms with E-state index in [9.17, 15) is 10.2 Å². The van der Waals surface area contributed by atoms with Gasteiger partial charge in [-0.1, -0.05) is 18.2 Å². The molecule has 1 saturated heterocycles. The van der Waals surface area contributed by atoms with Crippen LogP contribution in [0, 0.1) is 0 Å². The number of piperidine rings is 1. The first-order valence-electron chi connectivity index (χ1n) is 7.63. The molecule has 1 fully saturated rings. The summed E-state index contributed by atoms with van der Waals surface area (Å²) < 4.78 is 0. The number of hydrogen-bond acceptors (Lipinski definition) is 5. The molecular formula is C17H21N3O2. The Hall–Kier alpha value is -2.27. The summed E-state index contributed by atoms with van der Waals surface area (Å²) in [5, 5.41) is 22.8. The van der Waals surface area contributed by atoms with E-state index < -0.39 is 0 Å². The van der Waals surface area contributed by atoms with Crippen molar-refractivity contribution in [3.8, 4) is 5.75 Å². The second-order valence-electron chi connectivity index (χ2n) is 5.58. The van der Waals surface area contributed by atoms with Gasteiger partial charge in [-0.3, -0.25) is 0 Å². The van der Waals surface area contributed by atoms with Crippen LogP contribution in [-0.2, 0) is 6.54 Å². The molecule has 116 valence electrons. The summed E-state index contributed by atoms with van der Waals surface area (Å²) >= 11 is 0. The quantitative estimate of drug-likeness (QED) is 0.808. The number of pyridine rings is 1. The smallest absolute Gasteiger partial charge is 0.151 e. The Balaban J connectivity index is 1.73. The first-order valence-corrected chi connectivity index (χ1v) is 7.63. The first kappa shape index (κ1) is 14.7. The second-order valence-corrected chi connectivity index (χ2v) is 5.58. The van der Waals surface area contributed by atoms with Gasteiger partial charge in [-0.05, 0) is 31.0 Å². The van der Waals surface area contributed by atoms with Crippen LogP contribution in [0.2, 0.25) is 0 Å². The number of phenolic OH excluding ortho intramolecular Hbond substituents is 1. The summed E-state index contributed by atoms with van der Waals surface area (Å²) in [5.41, 5.74) is 1.80. The molecule has 0 amide bonds. The van der Waals surface area contributed by atoms with E-state index in [-0.39, 0.29) is 6.10 Å². The summed E-state index contributed by atoms with van der Waals surface area (Å²) in [5.74, 6) is 1.20. The highest BCUT2D eigenvalue weighted by molar-refractivity contribution is 5.65. The monoisotopic (exact) mass is 299 g/mol. The van der Waals surface area contributed by atoms with Crippen molar-refractivity contribution in [1.29, 1.82) is 0 Å². The van der Waals surface area contributed by atoms with Crippen LogP contribution in [0.15, 0.2) is 42.6 Å². The van der Waals surface area contributed by atoms with Gasteiger partial charge in [-0.25, -0.2) is 4.98 Å². The van der Waals surface area contributed by atoms with Gasteiger partial charge in [0.15, 0.2) is 5.82 Å². The van der Waals surface area contributed by atoms with Gasteiger partial charge in [-0.15, -0.1) is 0 Å². The Labute approximate surface area is 130 Å². The maximum absolute atomic E-state index is 9.84. The Bertz CT molecular complexity index is 625. The molecule has 1 aromatic carbocycles. The zero-order chi connectivity index (χ0) is 15.4. The number of nitrogens with zero attached hydrogens (tertiary/aromatic N) is 2. The maximum atomic E-state index is 9.84. The zero-order valence-corrected chi connectivity index (χ0v) is 12.4. The van der Waals surface area contributed by atoms with Crippen LogP contribution >= 0.6 is 0 Å². The van der Waals surface area contributed by atoms with Crippen molar-refractivity contribution in [3.63, 3.8) is 0 Å². The Kier molecular flexibility index (Phi) is 4.44. The molecule has 5 heteroatoms. The van der Waals surface area contributed by atoms with Crippen molar-refractivity contribution >= 4 is 11.5 Å². The third-order valence-corrected chi connectivity index (χ3v) is 4.01. The van der Waals surface area contributed by atoms with Crippen LogP contribution in [0.4, 0.5) is 11.5 Å². The van der Waals surface area contributed by atoms with E-state index in [1.807, 2.05) is 30.3 Å². The molecule has 1 aliphatic heterocycles. The Morgan fingerprint density at radius 1 is 1.14 bits per heavy atom. The molecule has 0 atom stereocenters. The largest absolute Gasteiger partial charge is 0.508 e. The van der Waals surface area contributed by atoms with E-state index in [0.29, 0.717) is 12.3 Å². The number of nitrogens with one attached hydrogen (secondary N) is 1. The molecule has 0 radical (unpaired) electrons. The lowest BCUT2D eigenvalue weighted by Crippen LogP contribution is -2.36. The van der Waals surface area contributed by atoms with Crippen molar-refractivity contribution in [2.45, 2.75) is 25.5 Å². The van der Waals surface area contributed by atoms with Crippen molar-refractivity contribution in [1.82, 2.24) is 4.98 Å². The molecule has 1 aromatic heterocycles. The molecule has 3 N–H and O–H groups in total. The average molecular weight is 299 g/mol. The van der Waals surface area contributed by atoms with E-state index in [4.69, 9.17) is 0 Å². The molecule has 5 nitrogen and oxygen atoms in total. The number of hydrogen-bond donors (Lipinski definition) is 3. The fourth-order valence-corrected chi connectivity index (χ4v) is 2.72. The van der Waals surface area contributed by atoms with Gasteiger partial charge < -0.3 is 20.4 Å². The molecule has 1 aliphatic rings. The maximum Gasteiger partial charge on any atom is 0.151 e. The summed E-state index contributed by atoms with van der Waals surface area (Å²) in [7, 11) is 0. The first-order chi connectivity index (χ1) is 10.7. The van der Waals surface area contributed by atoms with Gasteiger partial charge in [0.1, 0.15) is 5.75 Å². The molecule has 0 aliphatic carbocycles.